The Labute approximate surface area is 298 Å². The Bertz CT molecular complexity index is 2120. The van der Waals surface area contributed by atoms with Crippen LogP contribution < -0.4 is 31.8 Å². The smallest absolute Gasteiger partial charge is 0.309 e. The number of alkyl halides is 12. The second-order valence-corrected chi connectivity index (χ2v) is 17.5. The minimum atomic E-state index is -4.79. The summed E-state index contributed by atoms with van der Waals surface area (Å²) in [6, 6.07) is 20.8. The summed E-state index contributed by atoms with van der Waals surface area (Å²) in [4.78, 5) is 0. The highest BCUT2D eigenvalue weighted by atomic mass is 31.2. The molecule has 0 aliphatic carbocycles. The van der Waals surface area contributed by atoms with Crippen molar-refractivity contribution in [2.45, 2.75) is 24.7 Å². The van der Waals surface area contributed by atoms with Crippen molar-refractivity contribution in [3.63, 3.8) is 0 Å². The van der Waals surface area contributed by atoms with Crippen molar-refractivity contribution in [3.05, 3.63) is 156 Å². The van der Waals surface area contributed by atoms with E-state index in [0.29, 0.717) is 48.5 Å². The average molecular weight is 801 g/mol. The van der Waals surface area contributed by atoms with E-state index in [1.54, 1.807) is 0 Å². The average Bonchev–Trinajstić information content (AvgIpc) is 3.12. The predicted octanol–water partition coefficient (Wildman–Crippen LogP) is 10.2. The highest BCUT2D eigenvalue weighted by Crippen LogP contribution is 2.49. The van der Waals surface area contributed by atoms with Gasteiger partial charge in [0.15, 0.2) is 14.3 Å². The van der Waals surface area contributed by atoms with Crippen molar-refractivity contribution in [1.29, 1.82) is 0 Å². The fourth-order valence-corrected chi connectivity index (χ4v) is 11.8. The van der Waals surface area contributed by atoms with Crippen LogP contribution in [0.5, 0.6) is 0 Å². The lowest BCUT2D eigenvalue weighted by atomic mass is 10.1. The summed E-state index contributed by atoms with van der Waals surface area (Å²) in [5, 5.41) is -0.929. The Morgan fingerprint density at radius 1 is 0.296 bits per heavy atom. The van der Waals surface area contributed by atoms with Gasteiger partial charge in [-0.3, -0.25) is 0 Å². The second kappa shape index (κ2) is 13.5. The van der Waals surface area contributed by atoms with Gasteiger partial charge in [-0.2, -0.15) is 52.7 Å². The predicted molar refractivity (Wildman–Crippen MR) is 183 cm³/mol. The summed E-state index contributed by atoms with van der Waals surface area (Å²) >= 11 is 0. The van der Waals surface area contributed by atoms with Crippen LogP contribution in [0.25, 0.3) is 10.8 Å². The van der Waals surface area contributed by atoms with Crippen molar-refractivity contribution < 1.29 is 61.8 Å². The molecular formula is C38H22F12O2P2. The maximum Gasteiger partial charge on any atom is 0.416 e. The van der Waals surface area contributed by atoms with Crippen LogP contribution in [-0.2, 0) is 33.8 Å². The van der Waals surface area contributed by atoms with Crippen molar-refractivity contribution in [1.82, 2.24) is 0 Å². The molecule has 0 aliphatic heterocycles. The van der Waals surface area contributed by atoms with Crippen LogP contribution in [0.15, 0.2) is 133 Å². The quantitative estimate of drug-likeness (QED) is 0.124. The molecule has 6 aromatic carbocycles. The fraction of sp³-hybridized carbons (Fsp3) is 0.105. The van der Waals surface area contributed by atoms with Crippen molar-refractivity contribution in [2.24, 2.45) is 0 Å². The zero-order chi connectivity index (χ0) is 39.5. The van der Waals surface area contributed by atoms with Crippen molar-refractivity contribution in [3.8, 4) is 0 Å². The highest BCUT2D eigenvalue weighted by Gasteiger charge is 2.39. The lowest BCUT2D eigenvalue weighted by molar-refractivity contribution is -0.138. The monoisotopic (exact) mass is 800 g/mol. The summed E-state index contributed by atoms with van der Waals surface area (Å²) in [5.41, 5.74) is -4.39. The van der Waals surface area contributed by atoms with E-state index in [9.17, 15) is 52.7 Å². The normalized spacial score (nSPS) is 13.3. The molecule has 0 amide bonds. The molecule has 0 saturated heterocycles. The van der Waals surface area contributed by atoms with Gasteiger partial charge in [-0.05, 0) is 59.3 Å². The van der Waals surface area contributed by atoms with E-state index in [4.69, 9.17) is 0 Å². The number of halogens is 12. The van der Waals surface area contributed by atoms with E-state index in [2.05, 4.69) is 0 Å². The third-order valence-electron chi connectivity index (χ3n) is 8.79. The molecule has 6 rings (SSSR count). The molecule has 2 nitrogen and oxygen atoms in total. The molecule has 0 aromatic heterocycles. The molecule has 16 heteroatoms. The van der Waals surface area contributed by atoms with Gasteiger partial charge in [-0.15, -0.1) is 0 Å². The molecule has 0 saturated carbocycles. The van der Waals surface area contributed by atoms with E-state index in [1.165, 1.54) is 36.4 Å². The lowest BCUT2D eigenvalue weighted by Gasteiger charge is -2.25. The van der Waals surface area contributed by atoms with Gasteiger partial charge in [0.2, 0.25) is 0 Å². The number of hydrogen-bond acceptors (Lipinski definition) is 2. The first-order valence-electron chi connectivity index (χ1n) is 15.5. The SMILES string of the molecule is O=P(c1ccc(C(F)(F)F)cc1)(c1ccc(C(F)(F)F)cc1)c1cccc2c(P(=O)(c3ccc(C(F)(F)F)cc3)c3ccc(C(F)(F)F)cc3)cccc12. The van der Waals surface area contributed by atoms with E-state index < -0.39 is 61.2 Å². The maximum atomic E-state index is 15.5. The molecule has 0 bridgehead atoms. The van der Waals surface area contributed by atoms with E-state index in [1.807, 2.05) is 0 Å². The molecule has 0 atom stereocenters. The molecule has 0 N–H and O–H groups in total. The van der Waals surface area contributed by atoms with Gasteiger partial charge in [0.25, 0.3) is 0 Å². The van der Waals surface area contributed by atoms with Crippen molar-refractivity contribution in [2.75, 3.05) is 0 Å². The summed E-state index contributed by atoms with van der Waals surface area (Å²) < 4.78 is 193. The van der Waals surface area contributed by atoms with Gasteiger partial charge in [-0.25, -0.2) is 0 Å². The van der Waals surface area contributed by atoms with Gasteiger partial charge in [0.1, 0.15) is 0 Å². The maximum absolute atomic E-state index is 15.5. The molecule has 54 heavy (non-hydrogen) atoms. The van der Waals surface area contributed by atoms with E-state index >= 15 is 9.13 Å². The first-order chi connectivity index (χ1) is 25.1. The molecular weight excluding hydrogens is 778 g/mol. The van der Waals surface area contributed by atoms with Crippen LogP contribution >= 0.6 is 14.3 Å². The minimum Gasteiger partial charge on any atom is -0.309 e. The Hall–Kier alpha value is -4.80. The van der Waals surface area contributed by atoms with Gasteiger partial charge in [-0.1, -0.05) is 84.9 Å². The molecule has 0 spiro atoms. The summed E-state index contributed by atoms with van der Waals surface area (Å²) in [6.45, 7) is 0. The van der Waals surface area contributed by atoms with Crippen LogP contribution in [0.2, 0.25) is 0 Å². The minimum absolute atomic E-state index is 0.0529. The van der Waals surface area contributed by atoms with Crippen LogP contribution in [0.3, 0.4) is 0 Å². The van der Waals surface area contributed by atoms with Gasteiger partial charge < -0.3 is 9.13 Å². The van der Waals surface area contributed by atoms with Crippen molar-refractivity contribution >= 4 is 56.9 Å². The first kappa shape index (κ1) is 38.9. The van der Waals surface area contributed by atoms with Crippen LogP contribution in [-0.4, -0.2) is 0 Å². The first-order valence-corrected chi connectivity index (χ1v) is 18.9. The lowest BCUT2D eigenvalue weighted by Crippen LogP contribution is -2.29. The van der Waals surface area contributed by atoms with Crippen LogP contribution in [0.4, 0.5) is 52.7 Å². The van der Waals surface area contributed by atoms with Gasteiger partial charge >= 0.3 is 24.7 Å². The molecule has 0 fully saturated rings. The summed E-state index contributed by atoms with van der Waals surface area (Å²) in [7, 11) is -8.81. The highest BCUT2D eigenvalue weighted by molar-refractivity contribution is 7.86. The van der Waals surface area contributed by atoms with Crippen LogP contribution in [0.1, 0.15) is 22.3 Å². The van der Waals surface area contributed by atoms with Gasteiger partial charge in [0.05, 0.1) is 22.3 Å². The number of fused-ring (bicyclic) bond motifs is 1. The number of benzene rings is 6. The fourth-order valence-electron chi connectivity index (χ4n) is 6.12. The summed E-state index contributed by atoms with van der Waals surface area (Å²) in [6.07, 6.45) is -19.2. The molecule has 0 radical (unpaired) electrons. The Kier molecular flexibility index (Phi) is 9.72. The Morgan fingerprint density at radius 3 is 0.685 bits per heavy atom. The standard InChI is InChI=1S/C38H22F12O2P2/c39-35(40,41)23-7-15-27(16-8-23)53(51,28-17-9-24(10-18-28)36(42,43)44)33-5-1-3-31-32(33)4-2-6-34(31)54(52,29-19-11-25(12-20-29)37(45,46)47)30-21-13-26(14-22-30)38(48,49)50/h1-22H. The van der Waals surface area contributed by atoms with Gasteiger partial charge in [0, 0.05) is 31.8 Å². The molecule has 280 valence electrons. The zero-order valence-electron chi connectivity index (χ0n) is 26.9. The number of hydrogen-bond donors (Lipinski definition) is 0. The topological polar surface area (TPSA) is 34.1 Å². The Balaban J connectivity index is 1.64. The molecule has 0 unspecified atom stereocenters. The third kappa shape index (κ3) is 7.09. The molecule has 0 aliphatic rings. The molecule has 6 aromatic rings. The second-order valence-electron chi connectivity index (χ2n) is 12.0. The van der Waals surface area contributed by atoms with E-state index in [0.717, 1.165) is 48.5 Å². The largest absolute Gasteiger partial charge is 0.416 e. The summed E-state index contributed by atoms with van der Waals surface area (Å²) in [5.74, 6) is 0. The number of rotatable bonds is 6. The Morgan fingerprint density at radius 2 is 0.500 bits per heavy atom. The third-order valence-corrected chi connectivity index (χ3v) is 15.0. The molecule has 0 heterocycles. The van der Waals surface area contributed by atoms with E-state index in [-0.39, 0.29) is 42.6 Å². The van der Waals surface area contributed by atoms with Crippen LogP contribution in [0, 0.1) is 0 Å². The zero-order valence-corrected chi connectivity index (χ0v) is 28.7.